The first-order chi connectivity index (χ1) is 17.2. The summed E-state index contributed by atoms with van der Waals surface area (Å²) in [6.45, 7) is 10.8. The van der Waals surface area contributed by atoms with Crippen molar-refractivity contribution >= 4 is 34.2 Å². The maximum absolute atomic E-state index is 12.9. The third-order valence-corrected chi connectivity index (χ3v) is 6.16. The molecule has 1 N–H and O–H groups in total. The molecule has 0 aliphatic heterocycles. The van der Waals surface area contributed by atoms with Gasteiger partial charge in [0.2, 0.25) is 0 Å². The van der Waals surface area contributed by atoms with Crippen molar-refractivity contribution in [1.29, 1.82) is 0 Å². The zero-order chi connectivity index (χ0) is 26.2. The second kappa shape index (κ2) is 12.2. The molecular weight excluding hydrogens is 482 g/mol. The van der Waals surface area contributed by atoms with Crippen molar-refractivity contribution in [3.63, 3.8) is 0 Å². The van der Waals surface area contributed by atoms with Gasteiger partial charge in [-0.15, -0.1) is 17.9 Å². The highest BCUT2D eigenvalue weighted by Gasteiger charge is 2.28. The van der Waals surface area contributed by atoms with E-state index in [9.17, 15) is 14.4 Å². The second-order valence-corrected chi connectivity index (χ2v) is 9.06. The molecule has 1 aromatic carbocycles. The molecule has 0 atom stereocenters. The van der Waals surface area contributed by atoms with Crippen LogP contribution in [0.4, 0.5) is 5.00 Å². The summed E-state index contributed by atoms with van der Waals surface area (Å²) in [7, 11) is 0. The Labute approximate surface area is 213 Å². The Morgan fingerprint density at radius 2 is 1.89 bits per heavy atom. The van der Waals surface area contributed by atoms with Crippen molar-refractivity contribution in [3.8, 4) is 5.75 Å². The predicted molar refractivity (Wildman–Crippen MR) is 137 cm³/mol. The number of thiophene rings is 1. The van der Waals surface area contributed by atoms with Gasteiger partial charge in [0, 0.05) is 0 Å². The summed E-state index contributed by atoms with van der Waals surface area (Å²) in [5.41, 5.74) is 1.48. The van der Waals surface area contributed by atoms with Gasteiger partial charge in [0.05, 0.1) is 18.3 Å². The van der Waals surface area contributed by atoms with Gasteiger partial charge in [-0.3, -0.25) is 4.79 Å². The Hall–Kier alpha value is -3.85. The van der Waals surface area contributed by atoms with Gasteiger partial charge in [-0.2, -0.15) is 0 Å². The summed E-state index contributed by atoms with van der Waals surface area (Å²) >= 11 is 0.951. The summed E-state index contributed by atoms with van der Waals surface area (Å²) < 4.78 is 21.9. The standard InChI is InChI=1S/C27H29NO7S/c1-6-10-18-11-8-9-12-20(18)33-15-19-13-14-21(35-19)24(29)28-25-22(26(30)34-16(3)4)17(5)23(36-25)27(31)32-7-2/h6,8-9,11-14,16H,1,7,10,15H2,2-5H3,(H,28,29). The number of carbonyl (C=O) groups is 3. The Balaban J connectivity index is 1.78. The van der Waals surface area contributed by atoms with E-state index in [2.05, 4.69) is 11.9 Å². The van der Waals surface area contributed by atoms with Crippen molar-refractivity contribution in [2.75, 3.05) is 11.9 Å². The highest BCUT2D eigenvalue weighted by atomic mass is 32.1. The highest BCUT2D eigenvalue weighted by Crippen LogP contribution is 2.35. The van der Waals surface area contributed by atoms with Gasteiger partial charge in [0.25, 0.3) is 5.91 Å². The van der Waals surface area contributed by atoms with Crippen LogP contribution in [0.3, 0.4) is 0 Å². The van der Waals surface area contributed by atoms with E-state index in [0.717, 1.165) is 16.9 Å². The first-order valence-corrected chi connectivity index (χ1v) is 12.3. The molecular formula is C27H29NO7S. The quantitative estimate of drug-likeness (QED) is 0.250. The Kier molecular flexibility index (Phi) is 9.08. The summed E-state index contributed by atoms with van der Waals surface area (Å²) in [5.74, 6) is -0.621. The number of hydrogen-bond donors (Lipinski definition) is 1. The molecule has 0 fully saturated rings. The average molecular weight is 512 g/mol. The number of amides is 1. The van der Waals surface area contributed by atoms with Crippen LogP contribution in [0.5, 0.6) is 5.75 Å². The van der Waals surface area contributed by atoms with Gasteiger partial charge in [0.1, 0.15) is 28.0 Å². The fourth-order valence-electron chi connectivity index (χ4n) is 3.37. The van der Waals surface area contributed by atoms with Gasteiger partial charge in [0.15, 0.2) is 5.76 Å². The van der Waals surface area contributed by atoms with Crippen molar-refractivity contribution in [1.82, 2.24) is 0 Å². The summed E-state index contributed by atoms with van der Waals surface area (Å²) in [5, 5.41) is 2.86. The van der Waals surface area contributed by atoms with Crippen LogP contribution in [0.1, 0.15) is 68.2 Å². The average Bonchev–Trinajstić information content (AvgIpc) is 3.43. The van der Waals surface area contributed by atoms with Crippen LogP contribution in [0.2, 0.25) is 0 Å². The second-order valence-electron chi connectivity index (χ2n) is 8.04. The summed E-state index contributed by atoms with van der Waals surface area (Å²) in [6.07, 6.45) is 2.08. The molecule has 0 bridgehead atoms. The molecule has 36 heavy (non-hydrogen) atoms. The SMILES string of the molecule is C=CCc1ccccc1OCc1ccc(C(=O)Nc2sc(C(=O)OCC)c(C)c2C(=O)OC(C)C)o1. The smallest absolute Gasteiger partial charge is 0.348 e. The first-order valence-electron chi connectivity index (χ1n) is 11.5. The van der Waals surface area contributed by atoms with Gasteiger partial charge in [-0.25, -0.2) is 9.59 Å². The van der Waals surface area contributed by atoms with Crippen LogP contribution in [-0.4, -0.2) is 30.6 Å². The fraction of sp³-hybridized carbons (Fsp3) is 0.296. The number of allylic oxidation sites excluding steroid dienone is 1. The van der Waals surface area contributed by atoms with Crippen molar-refractivity contribution in [3.05, 3.63) is 82.1 Å². The molecule has 0 aliphatic rings. The van der Waals surface area contributed by atoms with Crippen molar-refractivity contribution in [2.24, 2.45) is 0 Å². The number of anilines is 1. The third kappa shape index (κ3) is 6.42. The van der Waals surface area contributed by atoms with Crippen LogP contribution in [0, 0.1) is 6.92 Å². The van der Waals surface area contributed by atoms with E-state index in [1.807, 2.05) is 24.3 Å². The van der Waals surface area contributed by atoms with Crippen LogP contribution in [-0.2, 0) is 22.5 Å². The zero-order valence-electron chi connectivity index (χ0n) is 20.7. The number of rotatable bonds is 11. The minimum atomic E-state index is -0.642. The van der Waals surface area contributed by atoms with Gasteiger partial charge in [-0.05, 0) is 63.4 Å². The number of ether oxygens (including phenoxy) is 3. The third-order valence-electron chi connectivity index (χ3n) is 4.97. The molecule has 2 aromatic heterocycles. The van der Waals surface area contributed by atoms with E-state index >= 15 is 0 Å². The van der Waals surface area contributed by atoms with E-state index in [0.29, 0.717) is 23.5 Å². The molecule has 2 heterocycles. The minimum Gasteiger partial charge on any atom is -0.485 e. The fourth-order valence-corrected chi connectivity index (χ4v) is 4.46. The molecule has 9 heteroatoms. The predicted octanol–water partition coefficient (Wildman–Crippen LogP) is 5.95. The highest BCUT2D eigenvalue weighted by molar-refractivity contribution is 7.18. The maximum atomic E-state index is 12.9. The Morgan fingerprint density at radius 3 is 2.58 bits per heavy atom. The van der Waals surface area contributed by atoms with E-state index < -0.39 is 17.8 Å². The topological polar surface area (TPSA) is 104 Å². The first kappa shape index (κ1) is 26.7. The van der Waals surface area contributed by atoms with Crippen LogP contribution in [0.15, 0.2) is 53.5 Å². The van der Waals surface area contributed by atoms with E-state index in [1.165, 1.54) is 6.07 Å². The van der Waals surface area contributed by atoms with Gasteiger partial charge >= 0.3 is 11.9 Å². The lowest BCUT2D eigenvalue weighted by Crippen LogP contribution is -2.16. The van der Waals surface area contributed by atoms with Crippen LogP contribution in [0.25, 0.3) is 0 Å². The minimum absolute atomic E-state index is 0.0277. The molecule has 0 unspecified atom stereocenters. The number of carbonyl (C=O) groups excluding carboxylic acids is 3. The molecule has 8 nitrogen and oxygen atoms in total. The molecule has 0 saturated heterocycles. The molecule has 0 spiro atoms. The molecule has 0 radical (unpaired) electrons. The molecule has 0 saturated carbocycles. The van der Waals surface area contributed by atoms with Crippen molar-refractivity contribution < 1.29 is 33.0 Å². The van der Waals surface area contributed by atoms with E-state index in [1.54, 1.807) is 39.8 Å². The molecule has 190 valence electrons. The Morgan fingerprint density at radius 1 is 1.14 bits per heavy atom. The lowest BCUT2D eigenvalue weighted by Gasteiger charge is -2.10. The molecule has 3 aromatic rings. The maximum Gasteiger partial charge on any atom is 0.348 e. The number of furan rings is 1. The number of esters is 2. The van der Waals surface area contributed by atoms with E-state index in [4.69, 9.17) is 18.6 Å². The number of nitrogens with one attached hydrogen (secondary N) is 1. The molecule has 1 amide bonds. The number of benzene rings is 1. The number of hydrogen-bond acceptors (Lipinski definition) is 8. The molecule has 0 aliphatic carbocycles. The van der Waals surface area contributed by atoms with Crippen molar-refractivity contribution in [2.45, 2.75) is 46.8 Å². The zero-order valence-corrected chi connectivity index (χ0v) is 21.5. The summed E-state index contributed by atoms with van der Waals surface area (Å²) in [6, 6.07) is 10.8. The molecule has 3 rings (SSSR count). The van der Waals surface area contributed by atoms with E-state index in [-0.39, 0.29) is 40.5 Å². The Bertz CT molecular complexity index is 1250. The summed E-state index contributed by atoms with van der Waals surface area (Å²) in [4.78, 5) is 38.3. The van der Waals surface area contributed by atoms with Gasteiger partial charge < -0.3 is 23.9 Å². The number of para-hydroxylation sites is 1. The largest absolute Gasteiger partial charge is 0.485 e. The van der Waals surface area contributed by atoms with Crippen LogP contribution >= 0.6 is 11.3 Å². The van der Waals surface area contributed by atoms with Gasteiger partial charge in [-0.1, -0.05) is 24.3 Å². The monoisotopic (exact) mass is 511 g/mol. The lowest BCUT2D eigenvalue weighted by atomic mass is 10.1. The lowest BCUT2D eigenvalue weighted by molar-refractivity contribution is 0.0379. The van der Waals surface area contributed by atoms with Crippen LogP contribution < -0.4 is 10.1 Å². The normalized spacial score (nSPS) is 10.7.